The number of nitrogens with one attached hydrogen (secondary N) is 2. The fourth-order valence-electron chi connectivity index (χ4n) is 3.74. The summed E-state index contributed by atoms with van der Waals surface area (Å²) in [5.74, 6) is 0.159. The van der Waals surface area contributed by atoms with Crippen molar-refractivity contribution in [1.82, 2.24) is 14.6 Å². The highest BCUT2D eigenvalue weighted by atomic mass is 32.2. The predicted molar refractivity (Wildman–Crippen MR) is 130 cm³/mol. The summed E-state index contributed by atoms with van der Waals surface area (Å²) in [5, 5.41) is 0. The van der Waals surface area contributed by atoms with E-state index in [0.29, 0.717) is 50.2 Å². The van der Waals surface area contributed by atoms with Gasteiger partial charge in [0.2, 0.25) is 10.0 Å². The van der Waals surface area contributed by atoms with Crippen LogP contribution in [-0.4, -0.2) is 49.6 Å². The van der Waals surface area contributed by atoms with E-state index in [9.17, 15) is 18.0 Å². The topological polar surface area (TPSA) is 109 Å². The second kappa shape index (κ2) is 9.99. The third kappa shape index (κ3) is 6.45. The maximum absolute atomic E-state index is 12.9. The van der Waals surface area contributed by atoms with Crippen LogP contribution in [0.4, 0.5) is 4.79 Å². The number of carbonyl (C=O) groups is 1. The maximum Gasteiger partial charge on any atom is 0.410 e. The summed E-state index contributed by atoms with van der Waals surface area (Å²) in [5.41, 5.74) is 1.58. The van der Waals surface area contributed by atoms with Crippen LogP contribution in [0.1, 0.15) is 51.8 Å². The number of sulfonamides is 1. The predicted octanol–water partition coefficient (Wildman–Crippen LogP) is 3.90. The third-order valence-corrected chi connectivity index (χ3v) is 8.67. The molecule has 1 amide bonds. The number of aromatic nitrogens is 1. The number of piperidine rings is 1. The van der Waals surface area contributed by atoms with Gasteiger partial charge in [0.05, 0.1) is 0 Å². The summed E-state index contributed by atoms with van der Waals surface area (Å²) in [6.07, 6.45) is 1.71. The lowest BCUT2D eigenvalue weighted by Crippen LogP contribution is -2.43. The van der Waals surface area contributed by atoms with Gasteiger partial charge in [0.15, 0.2) is 0 Å². The van der Waals surface area contributed by atoms with Gasteiger partial charge >= 0.3 is 6.09 Å². The first-order valence-electron chi connectivity index (χ1n) is 11.2. The van der Waals surface area contributed by atoms with E-state index in [0.717, 1.165) is 10.4 Å². The lowest BCUT2D eigenvalue weighted by Gasteiger charge is -2.33. The minimum absolute atomic E-state index is 0.109. The van der Waals surface area contributed by atoms with Gasteiger partial charge in [-0.3, -0.25) is 4.79 Å². The SMILES string of the molecule is CCc1cc(-c2ccc(S(=O)(=O)NCC3CCN(C(=O)OC(C)(C)C)CC3)s2)c(C)[nH]c1=O. The first-order valence-corrected chi connectivity index (χ1v) is 13.5. The quantitative estimate of drug-likeness (QED) is 0.632. The summed E-state index contributed by atoms with van der Waals surface area (Å²) >= 11 is 1.19. The van der Waals surface area contributed by atoms with Gasteiger partial charge in [0.1, 0.15) is 9.81 Å². The smallest absolute Gasteiger partial charge is 0.410 e. The van der Waals surface area contributed by atoms with Crippen LogP contribution in [-0.2, 0) is 21.2 Å². The molecule has 0 unspecified atom stereocenters. The van der Waals surface area contributed by atoms with E-state index >= 15 is 0 Å². The lowest BCUT2D eigenvalue weighted by molar-refractivity contribution is 0.0185. The molecule has 1 fully saturated rings. The molecule has 33 heavy (non-hydrogen) atoms. The number of amides is 1. The molecule has 8 nitrogen and oxygen atoms in total. The number of carbonyl (C=O) groups excluding carboxylic acids is 1. The van der Waals surface area contributed by atoms with E-state index in [1.807, 2.05) is 40.7 Å². The molecule has 0 aliphatic carbocycles. The van der Waals surface area contributed by atoms with Crippen molar-refractivity contribution in [3.05, 3.63) is 39.8 Å². The second-order valence-corrected chi connectivity index (χ2v) is 12.5. The monoisotopic (exact) mass is 495 g/mol. The highest BCUT2D eigenvalue weighted by molar-refractivity contribution is 7.91. The van der Waals surface area contributed by atoms with Gasteiger partial charge in [-0.15, -0.1) is 11.3 Å². The van der Waals surface area contributed by atoms with Gasteiger partial charge in [-0.2, -0.15) is 0 Å². The number of H-pyrrole nitrogens is 1. The number of rotatable bonds is 6. The van der Waals surface area contributed by atoms with Crippen LogP contribution in [0.25, 0.3) is 10.4 Å². The Balaban J connectivity index is 1.60. The molecule has 3 heterocycles. The summed E-state index contributed by atoms with van der Waals surface area (Å²) in [4.78, 5) is 29.5. The number of aryl methyl sites for hydroxylation is 2. The Morgan fingerprint density at radius 1 is 1.27 bits per heavy atom. The molecule has 0 radical (unpaired) electrons. The average molecular weight is 496 g/mol. The van der Waals surface area contributed by atoms with Gasteiger partial charge in [-0.05, 0) is 71.1 Å². The molecule has 1 saturated heterocycles. The Kier molecular flexibility index (Phi) is 7.70. The fourth-order valence-corrected chi connectivity index (χ4v) is 6.28. The van der Waals surface area contributed by atoms with Crippen LogP contribution in [0.2, 0.25) is 0 Å². The zero-order valence-corrected chi connectivity index (χ0v) is 21.5. The number of aromatic amines is 1. The van der Waals surface area contributed by atoms with Crippen LogP contribution in [0.3, 0.4) is 0 Å². The fraction of sp³-hybridized carbons (Fsp3) is 0.565. The van der Waals surface area contributed by atoms with Crippen LogP contribution < -0.4 is 10.3 Å². The van der Waals surface area contributed by atoms with Crippen molar-refractivity contribution >= 4 is 27.5 Å². The van der Waals surface area contributed by atoms with Crippen LogP contribution >= 0.6 is 11.3 Å². The Morgan fingerprint density at radius 2 is 1.94 bits per heavy atom. The Hall–Kier alpha value is -2.17. The molecule has 2 N–H and O–H groups in total. The van der Waals surface area contributed by atoms with Crippen LogP contribution in [0.5, 0.6) is 0 Å². The summed E-state index contributed by atoms with van der Waals surface area (Å²) in [6, 6.07) is 5.21. The molecule has 2 aromatic rings. The van der Waals surface area contributed by atoms with Crippen molar-refractivity contribution in [1.29, 1.82) is 0 Å². The van der Waals surface area contributed by atoms with Gasteiger partial charge in [0, 0.05) is 41.3 Å². The number of nitrogens with zero attached hydrogens (tertiary/aromatic N) is 1. The number of hydrogen-bond donors (Lipinski definition) is 2. The van der Waals surface area contributed by atoms with E-state index in [4.69, 9.17) is 4.74 Å². The van der Waals surface area contributed by atoms with Gasteiger partial charge in [0.25, 0.3) is 5.56 Å². The highest BCUT2D eigenvalue weighted by Gasteiger charge is 2.28. The molecule has 0 saturated carbocycles. The Morgan fingerprint density at radius 3 is 2.55 bits per heavy atom. The second-order valence-electron chi connectivity index (χ2n) is 9.40. The molecular formula is C23H33N3O5S2. The number of ether oxygens (including phenoxy) is 1. The van der Waals surface area contributed by atoms with E-state index in [1.54, 1.807) is 17.0 Å². The van der Waals surface area contributed by atoms with Crippen molar-refractivity contribution in [2.75, 3.05) is 19.6 Å². The largest absolute Gasteiger partial charge is 0.444 e. The van der Waals surface area contributed by atoms with Crippen molar-refractivity contribution < 1.29 is 17.9 Å². The summed E-state index contributed by atoms with van der Waals surface area (Å²) in [6.45, 7) is 10.7. The molecule has 2 aromatic heterocycles. The molecule has 0 bridgehead atoms. The molecule has 10 heteroatoms. The number of likely N-dealkylation sites (tertiary alicyclic amines) is 1. The van der Waals surface area contributed by atoms with Gasteiger partial charge in [-0.25, -0.2) is 17.9 Å². The van der Waals surface area contributed by atoms with Crippen molar-refractivity contribution in [3.8, 4) is 10.4 Å². The molecule has 0 aromatic carbocycles. The first kappa shape index (κ1) is 25.5. The Bertz CT molecular complexity index is 1150. The number of pyridine rings is 1. The maximum atomic E-state index is 12.9. The zero-order chi connectivity index (χ0) is 24.4. The molecule has 1 aliphatic rings. The molecule has 182 valence electrons. The van der Waals surface area contributed by atoms with Gasteiger partial charge < -0.3 is 14.6 Å². The molecule has 3 rings (SSSR count). The van der Waals surface area contributed by atoms with Crippen molar-refractivity contribution in [2.45, 2.75) is 63.7 Å². The van der Waals surface area contributed by atoms with Crippen LogP contribution in [0.15, 0.2) is 27.2 Å². The average Bonchev–Trinajstić information content (AvgIpc) is 3.22. The van der Waals surface area contributed by atoms with Crippen LogP contribution in [0, 0.1) is 12.8 Å². The van der Waals surface area contributed by atoms with E-state index in [-0.39, 0.29) is 21.8 Å². The Labute approximate surface area is 199 Å². The standard InChI is InChI=1S/C23H33N3O5S2/c1-6-17-13-18(15(2)25-21(17)27)19-7-8-20(32-19)33(29,30)24-14-16-9-11-26(12-10-16)22(28)31-23(3,4)5/h7-8,13,16,24H,6,9-12,14H2,1-5H3,(H,25,27). The van der Waals surface area contributed by atoms with Crippen molar-refractivity contribution in [2.24, 2.45) is 5.92 Å². The normalized spacial score (nSPS) is 15.6. The summed E-state index contributed by atoms with van der Waals surface area (Å²) < 4.78 is 34.1. The minimum Gasteiger partial charge on any atom is -0.444 e. The van der Waals surface area contributed by atoms with Gasteiger partial charge in [-0.1, -0.05) is 6.92 Å². The minimum atomic E-state index is -3.65. The molecular weight excluding hydrogens is 462 g/mol. The summed E-state index contributed by atoms with van der Waals surface area (Å²) in [7, 11) is -3.65. The lowest BCUT2D eigenvalue weighted by atomic mass is 9.97. The number of thiophene rings is 1. The van der Waals surface area contributed by atoms with E-state index in [2.05, 4.69) is 9.71 Å². The van der Waals surface area contributed by atoms with E-state index in [1.165, 1.54) is 11.3 Å². The van der Waals surface area contributed by atoms with E-state index < -0.39 is 15.6 Å². The zero-order valence-electron chi connectivity index (χ0n) is 19.9. The first-order chi connectivity index (χ1) is 15.4. The molecule has 0 spiro atoms. The van der Waals surface area contributed by atoms with Crippen molar-refractivity contribution in [3.63, 3.8) is 0 Å². The third-order valence-electron chi connectivity index (χ3n) is 5.64. The highest BCUT2D eigenvalue weighted by Crippen LogP contribution is 2.32. The molecule has 1 aliphatic heterocycles. The molecule has 0 atom stereocenters. The number of hydrogen-bond acceptors (Lipinski definition) is 6.